The number of ether oxygens (including phenoxy) is 3. The molecule has 9 heteroatoms. The van der Waals surface area contributed by atoms with Crippen molar-refractivity contribution in [1.29, 1.82) is 0 Å². The van der Waals surface area contributed by atoms with Gasteiger partial charge >= 0.3 is 0 Å². The third-order valence-corrected chi connectivity index (χ3v) is 3.77. The standard InChI is InChI=1S/C20H23N3O6/c1-4-29-15-7-5-13(6-8-15)19(25)21-12-18(24)22-23-20(26)14-9-16(27-2)11-17(10-14)28-3/h5-11H,4,12H2,1-3H3,(H,21,25)(H,22,24)(H,23,26). The van der Waals surface area contributed by atoms with Gasteiger partial charge in [-0.3, -0.25) is 25.2 Å². The second-order valence-electron chi connectivity index (χ2n) is 5.74. The van der Waals surface area contributed by atoms with E-state index < -0.39 is 17.7 Å². The summed E-state index contributed by atoms with van der Waals surface area (Å²) in [5.41, 5.74) is 5.12. The molecule has 0 aliphatic heterocycles. The molecule has 2 aromatic carbocycles. The Morgan fingerprint density at radius 3 is 1.97 bits per heavy atom. The highest BCUT2D eigenvalue weighted by Gasteiger charge is 2.12. The number of carbonyl (C=O) groups is 3. The highest BCUT2D eigenvalue weighted by atomic mass is 16.5. The SMILES string of the molecule is CCOc1ccc(C(=O)NCC(=O)NNC(=O)c2cc(OC)cc(OC)c2)cc1. The van der Waals surface area contributed by atoms with Crippen molar-refractivity contribution < 1.29 is 28.6 Å². The molecular formula is C20H23N3O6. The van der Waals surface area contributed by atoms with Crippen LogP contribution >= 0.6 is 0 Å². The number of hydrogen-bond donors (Lipinski definition) is 3. The van der Waals surface area contributed by atoms with Gasteiger partial charge in [0, 0.05) is 17.2 Å². The maximum Gasteiger partial charge on any atom is 0.269 e. The van der Waals surface area contributed by atoms with Gasteiger partial charge in [0.2, 0.25) is 0 Å². The van der Waals surface area contributed by atoms with Gasteiger partial charge in [-0.15, -0.1) is 0 Å². The van der Waals surface area contributed by atoms with Crippen LogP contribution in [0.5, 0.6) is 17.2 Å². The van der Waals surface area contributed by atoms with Gasteiger partial charge in [-0.25, -0.2) is 0 Å². The first-order valence-corrected chi connectivity index (χ1v) is 8.80. The van der Waals surface area contributed by atoms with Crippen LogP contribution in [0.1, 0.15) is 27.6 Å². The number of benzene rings is 2. The lowest BCUT2D eigenvalue weighted by Gasteiger charge is -2.11. The van der Waals surface area contributed by atoms with E-state index in [1.54, 1.807) is 30.3 Å². The summed E-state index contributed by atoms with van der Waals surface area (Å²) in [5, 5.41) is 2.47. The van der Waals surface area contributed by atoms with Crippen molar-refractivity contribution in [2.24, 2.45) is 0 Å². The fourth-order valence-corrected chi connectivity index (χ4v) is 2.31. The van der Waals surface area contributed by atoms with Gasteiger partial charge in [-0.1, -0.05) is 0 Å². The Balaban J connectivity index is 1.83. The second-order valence-corrected chi connectivity index (χ2v) is 5.74. The van der Waals surface area contributed by atoms with Crippen LogP contribution in [0.3, 0.4) is 0 Å². The maximum atomic E-state index is 12.2. The number of amides is 3. The molecule has 29 heavy (non-hydrogen) atoms. The molecule has 3 N–H and O–H groups in total. The fourth-order valence-electron chi connectivity index (χ4n) is 2.31. The molecule has 0 fully saturated rings. The van der Waals surface area contributed by atoms with Gasteiger partial charge in [0.15, 0.2) is 0 Å². The summed E-state index contributed by atoms with van der Waals surface area (Å²) in [6, 6.07) is 11.1. The van der Waals surface area contributed by atoms with Crippen LogP contribution in [0.2, 0.25) is 0 Å². The smallest absolute Gasteiger partial charge is 0.269 e. The summed E-state index contributed by atoms with van der Waals surface area (Å²) >= 11 is 0. The number of carbonyl (C=O) groups excluding carboxylic acids is 3. The molecule has 0 aliphatic carbocycles. The monoisotopic (exact) mass is 401 g/mol. The van der Waals surface area contributed by atoms with E-state index in [2.05, 4.69) is 16.2 Å². The molecule has 154 valence electrons. The number of nitrogens with one attached hydrogen (secondary N) is 3. The lowest BCUT2D eigenvalue weighted by atomic mass is 10.2. The van der Waals surface area contributed by atoms with Crippen molar-refractivity contribution in [3.05, 3.63) is 53.6 Å². The minimum atomic E-state index is -0.590. The van der Waals surface area contributed by atoms with E-state index in [4.69, 9.17) is 14.2 Å². The van der Waals surface area contributed by atoms with Gasteiger partial charge in [-0.2, -0.15) is 0 Å². The molecule has 0 heterocycles. The Morgan fingerprint density at radius 1 is 0.793 bits per heavy atom. The van der Waals surface area contributed by atoms with Gasteiger partial charge < -0.3 is 19.5 Å². The van der Waals surface area contributed by atoms with Crippen molar-refractivity contribution in [2.45, 2.75) is 6.92 Å². The third kappa shape index (κ3) is 6.42. The molecule has 0 saturated carbocycles. The Hall–Kier alpha value is -3.75. The van der Waals surface area contributed by atoms with E-state index in [0.717, 1.165) is 0 Å². The number of hydrazine groups is 1. The van der Waals surface area contributed by atoms with Gasteiger partial charge in [0.05, 0.1) is 27.4 Å². The Morgan fingerprint density at radius 2 is 1.41 bits per heavy atom. The Labute approximate surface area is 168 Å². The average molecular weight is 401 g/mol. The quantitative estimate of drug-likeness (QED) is 0.575. The predicted octanol–water partition coefficient (Wildman–Crippen LogP) is 1.29. The molecule has 0 aliphatic rings. The van der Waals surface area contributed by atoms with Gasteiger partial charge in [0.25, 0.3) is 17.7 Å². The molecule has 0 bridgehead atoms. The summed E-state index contributed by atoms with van der Waals surface area (Å²) in [5.74, 6) is -0.0569. The van der Waals surface area contributed by atoms with E-state index >= 15 is 0 Å². The molecule has 0 unspecified atom stereocenters. The largest absolute Gasteiger partial charge is 0.497 e. The predicted molar refractivity (Wildman–Crippen MR) is 105 cm³/mol. The maximum absolute atomic E-state index is 12.2. The van der Waals surface area contributed by atoms with Crippen molar-refractivity contribution in [3.63, 3.8) is 0 Å². The van der Waals surface area contributed by atoms with Crippen LogP contribution in [0, 0.1) is 0 Å². The third-order valence-electron chi connectivity index (χ3n) is 3.77. The van der Waals surface area contributed by atoms with Gasteiger partial charge in [0.1, 0.15) is 17.2 Å². The van der Waals surface area contributed by atoms with E-state index in [1.165, 1.54) is 26.4 Å². The molecular weight excluding hydrogens is 378 g/mol. The lowest BCUT2D eigenvalue weighted by Crippen LogP contribution is -2.46. The number of methoxy groups -OCH3 is 2. The molecule has 3 amide bonds. The van der Waals surface area contributed by atoms with Crippen LogP contribution in [-0.4, -0.2) is 45.1 Å². The lowest BCUT2D eigenvalue weighted by molar-refractivity contribution is -0.120. The number of hydrogen-bond acceptors (Lipinski definition) is 6. The minimum Gasteiger partial charge on any atom is -0.497 e. The van der Waals surface area contributed by atoms with E-state index in [-0.39, 0.29) is 12.1 Å². The zero-order chi connectivity index (χ0) is 21.2. The first-order valence-electron chi connectivity index (χ1n) is 8.80. The second kappa shape index (κ2) is 10.5. The minimum absolute atomic E-state index is 0.236. The van der Waals surface area contributed by atoms with Crippen LogP contribution < -0.4 is 30.4 Å². The van der Waals surface area contributed by atoms with Crippen molar-refractivity contribution in [3.8, 4) is 17.2 Å². The van der Waals surface area contributed by atoms with Crippen molar-refractivity contribution in [2.75, 3.05) is 27.4 Å². The fraction of sp³-hybridized carbons (Fsp3) is 0.250. The summed E-state index contributed by atoms with van der Waals surface area (Å²) < 4.78 is 15.5. The van der Waals surface area contributed by atoms with Crippen LogP contribution in [-0.2, 0) is 4.79 Å². The van der Waals surface area contributed by atoms with Gasteiger partial charge in [-0.05, 0) is 43.3 Å². The summed E-state index contributed by atoms with van der Waals surface area (Å²) in [4.78, 5) is 36.2. The molecule has 0 spiro atoms. The summed E-state index contributed by atoms with van der Waals surface area (Å²) in [7, 11) is 2.93. The molecule has 0 atom stereocenters. The number of rotatable bonds is 8. The molecule has 9 nitrogen and oxygen atoms in total. The first kappa shape index (κ1) is 21.5. The van der Waals surface area contributed by atoms with E-state index in [1.807, 2.05) is 6.92 Å². The molecule has 0 aromatic heterocycles. The van der Waals surface area contributed by atoms with Crippen LogP contribution in [0.15, 0.2) is 42.5 Å². The topological polar surface area (TPSA) is 115 Å². The Kier molecular flexibility index (Phi) is 7.84. The summed E-state index contributed by atoms with van der Waals surface area (Å²) in [6.45, 7) is 2.08. The highest BCUT2D eigenvalue weighted by molar-refractivity contribution is 5.98. The van der Waals surface area contributed by atoms with Crippen molar-refractivity contribution in [1.82, 2.24) is 16.2 Å². The zero-order valence-electron chi connectivity index (χ0n) is 16.4. The molecule has 2 aromatic rings. The van der Waals surface area contributed by atoms with Crippen molar-refractivity contribution >= 4 is 17.7 Å². The molecule has 2 rings (SSSR count). The van der Waals surface area contributed by atoms with E-state index in [9.17, 15) is 14.4 Å². The zero-order valence-corrected chi connectivity index (χ0v) is 16.4. The molecule has 0 radical (unpaired) electrons. The normalized spacial score (nSPS) is 9.90. The van der Waals surface area contributed by atoms with E-state index in [0.29, 0.717) is 29.4 Å². The Bertz CT molecular complexity index is 845. The molecule has 0 saturated heterocycles. The first-order chi connectivity index (χ1) is 14.0. The average Bonchev–Trinajstić information content (AvgIpc) is 2.76. The van der Waals surface area contributed by atoms with Crippen LogP contribution in [0.4, 0.5) is 0 Å². The summed E-state index contributed by atoms with van der Waals surface area (Å²) in [6.07, 6.45) is 0. The highest BCUT2D eigenvalue weighted by Crippen LogP contribution is 2.22. The van der Waals surface area contributed by atoms with Crippen LogP contribution in [0.25, 0.3) is 0 Å².